The smallest absolute Gasteiger partial charge is 0.129 e. The van der Waals surface area contributed by atoms with Crippen LogP contribution < -0.4 is 10.1 Å². The van der Waals surface area contributed by atoms with Gasteiger partial charge in [0.2, 0.25) is 0 Å². The third kappa shape index (κ3) is 4.51. The van der Waals surface area contributed by atoms with E-state index in [9.17, 15) is 0 Å². The highest BCUT2D eigenvalue weighted by Gasteiger charge is 2.14. The van der Waals surface area contributed by atoms with Gasteiger partial charge in [-0.05, 0) is 43.7 Å². The van der Waals surface area contributed by atoms with Crippen LogP contribution in [0.15, 0.2) is 53.9 Å². The number of nitrogens with zero attached hydrogens (tertiary/aromatic N) is 1. The predicted octanol–water partition coefficient (Wildman–Crippen LogP) is 5.62. The van der Waals surface area contributed by atoms with Crippen molar-refractivity contribution in [1.82, 2.24) is 10.3 Å². The summed E-state index contributed by atoms with van der Waals surface area (Å²) in [6.45, 7) is 4.89. The average molecular weight is 367 g/mol. The minimum Gasteiger partial charge on any atom is -0.488 e. The van der Waals surface area contributed by atoms with E-state index in [0.29, 0.717) is 6.61 Å². The summed E-state index contributed by atoms with van der Waals surface area (Å²) in [6.07, 6.45) is 2.19. The molecule has 3 nitrogen and oxygen atoms in total. The highest BCUT2D eigenvalue weighted by atomic mass is 32.1. The molecule has 0 saturated heterocycles. The molecule has 0 saturated carbocycles. The maximum absolute atomic E-state index is 6.16. The zero-order valence-corrected chi connectivity index (χ0v) is 16.5. The van der Waals surface area contributed by atoms with Crippen molar-refractivity contribution in [1.29, 1.82) is 0 Å². The van der Waals surface area contributed by atoms with Crippen LogP contribution in [-0.2, 0) is 13.0 Å². The molecule has 1 unspecified atom stereocenters. The SMILES string of the molecule is CCCc1ccc(OCc2ccccc2)c(-c2csc(C(C)NC)n2)c1. The van der Waals surface area contributed by atoms with Crippen LogP contribution in [0.25, 0.3) is 11.3 Å². The van der Waals surface area contributed by atoms with Crippen molar-refractivity contribution in [2.24, 2.45) is 0 Å². The van der Waals surface area contributed by atoms with E-state index >= 15 is 0 Å². The lowest BCUT2D eigenvalue weighted by molar-refractivity contribution is 0.307. The van der Waals surface area contributed by atoms with E-state index in [1.165, 1.54) is 11.1 Å². The third-order valence-electron chi connectivity index (χ3n) is 4.42. The largest absolute Gasteiger partial charge is 0.488 e. The van der Waals surface area contributed by atoms with E-state index in [4.69, 9.17) is 9.72 Å². The molecular formula is C22H26N2OS. The summed E-state index contributed by atoms with van der Waals surface area (Å²) in [4.78, 5) is 4.84. The van der Waals surface area contributed by atoms with E-state index < -0.39 is 0 Å². The number of hydrogen-bond donors (Lipinski definition) is 1. The second-order valence-corrected chi connectivity index (χ2v) is 7.33. The van der Waals surface area contributed by atoms with Crippen LogP contribution in [0.4, 0.5) is 0 Å². The zero-order chi connectivity index (χ0) is 18.4. The minimum absolute atomic E-state index is 0.251. The maximum Gasteiger partial charge on any atom is 0.129 e. The van der Waals surface area contributed by atoms with Crippen LogP contribution in [0.5, 0.6) is 5.75 Å². The van der Waals surface area contributed by atoms with Gasteiger partial charge in [0, 0.05) is 10.9 Å². The van der Waals surface area contributed by atoms with Crippen LogP contribution in [0.1, 0.15) is 42.4 Å². The summed E-state index contributed by atoms with van der Waals surface area (Å²) in [5.74, 6) is 0.891. The van der Waals surface area contributed by atoms with Crippen molar-refractivity contribution in [3.63, 3.8) is 0 Å². The highest BCUT2D eigenvalue weighted by Crippen LogP contribution is 2.34. The summed E-state index contributed by atoms with van der Waals surface area (Å²) >= 11 is 1.69. The Morgan fingerprint density at radius 1 is 1.12 bits per heavy atom. The number of thiazole rings is 1. The van der Waals surface area contributed by atoms with Crippen LogP contribution in [0.2, 0.25) is 0 Å². The molecular weight excluding hydrogens is 340 g/mol. The molecule has 3 aromatic rings. The van der Waals surface area contributed by atoms with Gasteiger partial charge in [0.05, 0.1) is 11.7 Å². The van der Waals surface area contributed by atoms with Gasteiger partial charge in [-0.15, -0.1) is 11.3 Å². The van der Waals surface area contributed by atoms with Crippen molar-refractivity contribution >= 4 is 11.3 Å². The Balaban J connectivity index is 1.89. The highest BCUT2D eigenvalue weighted by molar-refractivity contribution is 7.10. The van der Waals surface area contributed by atoms with Crippen LogP contribution in [-0.4, -0.2) is 12.0 Å². The molecule has 0 bridgehead atoms. The summed E-state index contributed by atoms with van der Waals surface area (Å²) < 4.78 is 6.16. The number of rotatable bonds is 8. The summed E-state index contributed by atoms with van der Waals surface area (Å²) in [7, 11) is 1.96. The molecule has 1 N–H and O–H groups in total. The topological polar surface area (TPSA) is 34.1 Å². The fourth-order valence-electron chi connectivity index (χ4n) is 2.82. The van der Waals surface area contributed by atoms with Crippen molar-refractivity contribution < 1.29 is 4.74 Å². The molecule has 136 valence electrons. The van der Waals surface area contributed by atoms with Crippen molar-refractivity contribution in [3.8, 4) is 17.0 Å². The summed E-state index contributed by atoms with van der Waals surface area (Å²) in [5.41, 5.74) is 4.57. The van der Waals surface area contributed by atoms with Gasteiger partial charge < -0.3 is 10.1 Å². The van der Waals surface area contributed by atoms with Gasteiger partial charge in [0.15, 0.2) is 0 Å². The number of nitrogens with one attached hydrogen (secondary N) is 1. The Labute approximate surface area is 160 Å². The van der Waals surface area contributed by atoms with Crippen molar-refractivity contribution in [3.05, 3.63) is 70.0 Å². The fourth-order valence-corrected chi connectivity index (χ4v) is 3.70. The molecule has 0 fully saturated rings. The second kappa shape index (κ2) is 8.97. The summed E-state index contributed by atoms with van der Waals surface area (Å²) in [5, 5.41) is 6.48. The number of aromatic nitrogens is 1. The van der Waals surface area contributed by atoms with E-state index in [2.05, 4.69) is 54.9 Å². The van der Waals surface area contributed by atoms with Gasteiger partial charge in [0.1, 0.15) is 17.4 Å². The Morgan fingerprint density at radius 3 is 2.65 bits per heavy atom. The number of benzene rings is 2. The fraction of sp³-hybridized carbons (Fsp3) is 0.318. The molecule has 0 aliphatic carbocycles. The van der Waals surface area contributed by atoms with Crippen LogP contribution in [0, 0.1) is 0 Å². The molecule has 26 heavy (non-hydrogen) atoms. The molecule has 0 spiro atoms. The molecule has 3 rings (SSSR count). The van der Waals surface area contributed by atoms with Gasteiger partial charge in [-0.2, -0.15) is 0 Å². The molecule has 0 aliphatic heterocycles. The van der Waals surface area contributed by atoms with E-state index in [-0.39, 0.29) is 6.04 Å². The van der Waals surface area contributed by atoms with E-state index in [1.54, 1.807) is 11.3 Å². The quantitative estimate of drug-likeness (QED) is 0.562. The Kier molecular flexibility index (Phi) is 6.42. The lowest BCUT2D eigenvalue weighted by atomic mass is 10.0. The molecule has 1 heterocycles. The number of aryl methyl sites for hydroxylation is 1. The molecule has 0 radical (unpaired) electrons. The molecule has 1 aromatic heterocycles. The van der Waals surface area contributed by atoms with Gasteiger partial charge in [-0.25, -0.2) is 4.98 Å². The molecule has 1 atom stereocenters. The van der Waals surface area contributed by atoms with Gasteiger partial charge in [-0.1, -0.05) is 49.7 Å². The first-order valence-corrected chi connectivity index (χ1v) is 10.0. The first-order chi connectivity index (χ1) is 12.7. The Hall–Kier alpha value is -2.17. The lowest BCUT2D eigenvalue weighted by Gasteiger charge is -2.12. The third-order valence-corrected chi connectivity index (χ3v) is 5.45. The van der Waals surface area contributed by atoms with E-state index in [1.807, 2.05) is 25.2 Å². The van der Waals surface area contributed by atoms with Gasteiger partial charge >= 0.3 is 0 Å². The number of hydrogen-bond acceptors (Lipinski definition) is 4. The predicted molar refractivity (Wildman–Crippen MR) is 110 cm³/mol. The van der Waals surface area contributed by atoms with Crippen LogP contribution >= 0.6 is 11.3 Å². The standard InChI is InChI=1S/C22H26N2OS/c1-4-8-17-11-12-21(25-14-18-9-6-5-7-10-18)19(13-17)20-15-26-22(24-20)16(2)23-3/h5-7,9-13,15-16,23H,4,8,14H2,1-3H3. The Morgan fingerprint density at radius 2 is 1.92 bits per heavy atom. The second-order valence-electron chi connectivity index (χ2n) is 6.44. The number of ether oxygens (including phenoxy) is 1. The summed E-state index contributed by atoms with van der Waals surface area (Å²) in [6, 6.07) is 17.0. The Bertz CT molecular complexity index is 829. The lowest BCUT2D eigenvalue weighted by Crippen LogP contribution is -2.11. The van der Waals surface area contributed by atoms with E-state index in [0.717, 1.165) is 34.9 Å². The monoisotopic (exact) mass is 366 g/mol. The van der Waals surface area contributed by atoms with Crippen LogP contribution in [0.3, 0.4) is 0 Å². The first-order valence-electron chi connectivity index (χ1n) is 9.14. The molecule has 0 amide bonds. The maximum atomic E-state index is 6.16. The van der Waals surface area contributed by atoms with Gasteiger partial charge in [-0.3, -0.25) is 0 Å². The average Bonchev–Trinajstić information content (AvgIpc) is 3.17. The molecule has 0 aliphatic rings. The zero-order valence-electron chi connectivity index (χ0n) is 15.7. The molecule has 2 aromatic carbocycles. The molecule has 4 heteroatoms. The minimum atomic E-state index is 0.251. The first kappa shape index (κ1) is 18.6. The normalized spacial score (nSPS) is 12.1. The van der Waals surface area contributed by atoms with Crippen molar-refractivity contribution in [2.45, 2.75) is 39.3 Å². The van der Waals surface area contributed by atoms with Crippen molar-refractivity contribution in [2.75, 3.05) is 7.05 Å². The van der Waals surface area contributed by atoms with Gasteiger partial charge in [0.25, 0.3) is 0 Å².